The van der Waals surface area contributed by atoms with Crippen LogP contribution in [0.3, 0.4) is 0 Å². The van der Waals surface area contributed by atoms with E-state index in [4.69, 9.17) is 0 Å². The van der Waals surface area contributed by atoms with E-state index >= 15 is 0 Å². The third-order valence-electron chi connectivity index (χ3n) is 5.21. The Balaban J connectivity index is 1.41. The predicted octanol–water partition coefficient (Wildman–Crippen LogP) is 2.62. The van der Waals surface area contributed by atoms with Gasteiger partial charge in [-0.2, -0.15) is 4.31 Å². The summed E-state index contributed by atoms with van der Waals surface area (Å²) >= 11 is 1.07. The molecule has 0 atom stereocenters. The summed E-state index contributed by atoms with van der Waals surface area (Å²) in [6.45, 7) is 3.11. The summed E-state index contributed by atoms with van der Waals surface area (Å²) in [6, 6.07) is 15.0. The Morgan fingerprint density at radius 2 is 1.76 bits per heavy atom. The smallest absolute Gasteiger partial charge is 0.302 e. The molecule has 1 aromatic heterocycles. The average molecular weight is 430 g/mol. The Labute approximate surface area is 174 Å². The zero-order valence-electron chi connectivity index (χ0n) is 16.2. The van der Waals surface area contributed by atoms with Crippen molar-refractivity contribution in [3.8, 4) is 0 Å². The van der Waals surface area contributed by atoms with E-state index < -0.39 is 10.0 Å². The van der Waals surface area contributed by atoms with Gasteiger partial charge < -0.3 is 4.57 Å². The van der Waals surface area contributed by atoms with E-state index in [2.05, 4.69) is 29.2 Å². The van der Waals surface area contributed by atoms with Crippen LogP contribution in [0.2, 0.25) is 0 Å². The van der Waals surface area contributed by atoms with Gasteiger partial charge in [0.1, 0.15) is 0 Å². The molecule has 3 aromatic rings. The van der Waals surface area contributed by atoms with Crippen LogP contribution in [0.1, 0.15) is 5.56 Å². The third-order valence-corrected chi connectivity index (χ3v) is 8.10. The molecule has 1 fully saturated rings. The van der Waals surface area contributed by atoms with Crippen LogP contribution in [0, 0.1) is 0 Å². The number of rotatable bonds is 5. The van der Waals surface area contributed by atoms with Gasteiger partial charge in [0.25, 0.3) is 0 Å². The Bertz CT molecular complexity index is 1190. The van der Waals surface area contributed by atoms with Crippen LogP contribution in [-0.4, -0.2) is 54.9 Å². The molecule has 1 saturated heterocycles. The van der Waals surface area contributed by atoms with Crippen molar-refractivity contribution in [1.29, 1.82) is 0 Å². The monoisotopic (exact) mass is 429 g/mol. The van der Waals surface area contributed by atoms with E-state index in [0.717, 1.165) is 29.0 Å². The Morgan fingerprint density at radius 3 is 2.48 bits per heavy atom. The molecule has 0 amide bonds. The molecule has 2 aromatic carbocycles. The molecule has 8 heteroatoms. The molecule has 29 heavy (non-hydrogen) atoms. The van der Waals surface area contributed by atoms with Gasteiger partial charge in [-0.1, -0.05) is 53.8 Å². The topological polar surface area (TPSA) is 62.6 Å². The first-order valence-corrected chi connectivity index (χ1v) is 11.7. The number of hydrogen-bond donors (Lipinski definition) is 0. The summed E-state index contributed by atoms with van der Waals surface area (Å²) in [6.07, 6.45) is 4.20. The molecule has 0 saturated carbocycles. The molecule has 0 spiro atoms. The van der Waals surface area contributed by atoms with Gasteiger partial charge in [-0.15, -0.1) is 0 Å². The molecule has 6 nitrogen and oxygen atoms in total. The highest BCUT2D eigenvalue weighted by Gasteiger charge is 2.28. The number of thiazole rings is 1. The fraction of sp³-hybridized carbons (Fsp3) is 0.286. The second-order valence-corrected chi connectivity index (χ2v) is 10.0. The first-order valence-electron chi connectivity index (χ1n) is 9.49. The van der Waals surface area contributed by atoms with Crippen LogP contribution in [0.25, 0.3) is 16.3 Å². The number of sulfonamides is 1. The lowest BCUT2D eigenvalue weighted by atomic mass is 10.2. The highest BCUT2D eigenvalue weighted by molar-refractivity contribution is 7.89. The molecule has 0 N–H and O–H groups in total. The van der Waals surface area contributed by atoms with Crippen LogP contribution >= 0.6 is 11.3 Å². The zero-order valence-corrected chi connectivity index (χ0v) is 17.8. The maximum absolute atomic E-state index is 13.0. The number of aryl methyl sites for hydroxylation is 1. The summed E-state index contributed by atoms with van der Waals surface area (Å²) in [5, 5.41) is 0. The lowest BCUT2D eigenvalue weighted by molar-refractivity contribution is 0.204. The van der Waals surface area contributed by atoms with Crippen molar-refractivity contribution in [2.45, 2.75) is 4.90 Å². The van der Waals surface area contributed by atoms with Crippen molar-refractivity contribution in [2.75, 3.05) is 32.7 Å². The summed E-state index contributed by atoms with van der Waals surface area (Å²) in [4.78, 5) is 14.2. The summed E-state index contributed by atoms with van der Waals surface area (Å²) in [7, 11) is -1.86. The van der Waals surface area contributed by atoms with Crippen molar-refractivity contribution in [2.24, 2.45) is 7.05 Å². The van der Waals surface area contributed by atoms with Crippen molar-refractivity contribution in [3.05, 3.63) is 69.8 Å². The Kier molecular flexibility index (Phi) is 5.69. The SMILES string of the molecule is Cn1c(=O)sc2cc(S(=O)(=O)N3CCN(C/C=C/c4ccccc4)CC3)ccc21. The molecule has 0 radical (unpaired) electrons. The highest BCUT2D eigenvalue weighted by atomic mass is 32.2. The van der Waals surface area contributed by atoms with Gasteiger partial charge in [0.05, 0.1) is 15.1 Å². The Hall–Kier alpha value is -2.26. The largest absolute Gasteiger partial charge is 0.307 e. The first kappa shape index (κ1) is 20.0. The quantitative estimate of drug-likeness (QED) is 0.626. The van der Waals surface area contributed by atoms with E-state index in [1.165, 1.54) is 8.87 Å². The van der Waals surface area contributed by atoms with Crippen molar-refractivity contribution in [1.82, 2.24) is 13.8 Å². The minimum atomic E-state index is -3.56. The average Bonchev–Trinajstić information content (AvgIpc) is 3.02. The lowest BCUT2D eigenvalue weighted by Gasteiger charge is -2.33. The highest BCUT2D eigenvalue weighted by Crippen LogP contribution is 2.24. The number of piperazine rings is 1. The van der Waals surface area contributed by atoms with Crippen molar-refractivity contribution >= 4 is 37.7 Å². The number of aromatic nitrogens is 1. The molecule has 0 aliphatic carbocycles. The molecule has 0 bridgehead atoms. The van der Waals surface area contributed by atoms with Gasteiger partial charge in [-0.05, 0) is 23.8 Å². The van der Waals surface area contributed by atoms with E-state index in [0.29, 0.717) is 30.9 Å². The molecule has 0 unspecified atom stereocenters. The molecule has 1 aliphatic heterocycles. The van der Waals surface area contributed by atoms with Crippen LogP contribution < -0.4 is 4.87 Å². The summed E-state index contributed by atoms with van der Waals surface area (Å²) in [5.41, 5.74) is 1.92. The van der Waals surface area contributed by atoms with Gasteiger partial charge in [0, 0.05) is 39.8 Å². The number of benzene rings is 2. The standard InChI is InChI=1S/C21H23N3O3S2/c1-22-19-10-9-18(16-20(19)28-21(22)25)29(26,27)24-14-12-23(13-15-24)11-5-8-17-6-3-2-4-7-17/h2-10,16H,11-15H2,1H3/b8-5+. The third kappa shape index (κ3) is 4.20. The lowest BCUT2D eigenvalue weighted by Crippen LogP contribution is -2.48. The second kappa shape index (κ2) is 8.23. The molecule has 2 heterocycles. The molecule has 4 rings (SSSR count). The van der Waals surface area contributed by atoms with Crippen molar-refractivity contribution < 1.29 is 8.42 Å². The van der Waals surface area contributed by atoms with Crippen LogP contribution in [0.4, 0.5) is 0 Å². The minimum absolute atomic E-state index is 0.0910. The van der Waals surface area contributed by atoms with Gasteiger partial charge in [0.15, 0.2) is 0 Å². The van der Waals surface area contributed by atoms with Gasteiger partial charge in [-0.3, -0.25) is 9.69 Å². The molecular weight excluding hydrogens is 406 g/mol. The number of fused-ring (bicyclic) bond motifs is 1. The maximum atomic E-state index is 13.0. The van der Waals surface area contributed by atoms with E-state index in [9.17, 15) is 13.2 Å². The minimum Gasteiger partial charge on any atom is -0.302 e. The fourth-order valence-electron chi connectivity index (χ4n) is 3.48. The van der Waals surface area contributed by atoms with Gasteiger partial charge >= 0.3 is 4.87 Å². The Morgan fingerprint density at radius 1 is 1.03 bits per heavy atom. The molecule has 1 aliphatic rings. The summed E-state index contributed by atoms with van der Waals surface area (Å²) in [5.74, 6) is 0. The second-order valence-electron chi connectivity index (χ2n) is 7.07. The number of nitrogens with zero attached hydrogens (tertiary/aromatic N) is 3. The first-order chi connectivity index (χ1) is 13.9. The predicted molar refractivity (Wildman–Crippen MR) is 118 cm³/mol. The van der Waals surface area contributed by atoms with Crippen LogP contribution in [0.15, 0.2) is 64.3 Å². The zero-order chi connectivity index (χ0) is 20.4. The molecular formula is C21H23N3O3S2. The normalized spacial score (nSPS) is 16.7. The van der Waals surface area contributed by atoms with Crippen LogP contribution in [0.5, 0.6) is 0 Å². The molecule has 152 valence electrons. The number of hydrogen-bond acceptors (Lipinski definition) is 5. The van der Waals surface area contributed by atoms with Gasteiger partial charge in [0.2, 0.25) is 10.0 Å². The van der Waals surface area contributed by atoms with Crippen molar-refractivity contribution in [3.63, 3.8) is 0 Å². The fourth-order valence-corrected chi connectivity index (χ4v) is 5.92. The van der Waals surface area contributed by atoms with E-state index in [1.54, 1.807) is 25.2 Å². The van der Waals surface area contributed by atoms with Gasteiger partial charge in [-0.25, -0.2) is 8.42 Å². The van der Waals surface area contributed by atoms with Crippen LogP contribution in [-0.2, 0) is 17.1 Å². The van der Waals surface area contributed by atoms with E-state index in [-0.39, 0.29) is 9.77 Å². The maximum Gasteiger partial charge on any atom is 0.307 e. The summed E-state index contributed by atoms with van der Waals surface area (Å²) < 4.78 is 29.9. The van der Waals surface area contributed by atoms with E-state index in [1.807, 2.05) is 18.2 Å².